The second-order valence-electron chi connectivity index (χ2n) is 6.41. The largest absolute Gasteiger partial charge is 0.481 e. The van der Waals surface area contributed by atoms with Crippen molar-refractivity contribution in [1.82, 2.24) is 24.1 Å². The first-order chi connectivity index (χ1) is 12.7. The normalized spacial score (nSPS) is 15.5. The first-order valence-corrected chi connectivity index (χ1v) is 9.24. The molecule has 0 spiro atoms. The summed E-state index contributed by atoms with van der Waals surface area (Å²) >= 11 is 1.72. The highest BCUT2D eigenvalue weighted by molar-refractivity contribution is 7.17. The predicted molar refractivity (Wildman–Crippen MR) is 97.0 cm³/mol. The van der Waals surface area contributed by atoms with Crippen LogP contribution in [0.2, 0.25) is 0 Å². The molecule has 5 rings (SSSR count). The van der Waals surface area contributed by atoms with Crippen molar-refractivity contribution in [2.24, 2.45) is 0 Å². The molecule has 1 aliphatic carbocycles. The number of methoxy groups -OCH3 is 1. The van der Waals surface area contributed by atoms with Gasteiger partial charge in [-0.05, 0) is 24.8 Å². The van der Waals surface area contributed by atoms with E-state index in [9.17, 15) is 5.11 Å². The van der Waals surface area contributed by atoms with Crippen LogP contribution in [0.1, 0.15) is 41.0 Å². The Kier molecular flexibility index (Phi) is 3.54. The highest BCUT2D eigenvalue weighted by atomic mass is 32.1. The number of pyridine rings is 1. The summed E-state index contributed by atoms with van der Waals surface area (Å²) in [5.74, 6) is 1.11. The Balaban J connectivity index is 1.51. The van der Waals surface area contributed by atoms with Gasteiger partial charge in [-0.25, -0.2) is 14.6 Å². The van der Waals surface area contributed by atoms with E-state index < -0.39 is 6.10 Å². The lowest BCUT2D eigenvalue weighted by Crippen LogP contribution is -2.05. The third kappa shape index (κ3) is 2.49. The van der Waals surface area contributed by atoms with E-state index >= 15 is 0 Å². The van der Waals surface area contributed by atoms with Gasteiger partial charge in [-0.15, -0.1) is 11.3 Å². The van der Waals surface area contributed by atoms with Crippen molar-refractivity contribution < 1.29 is 9.84 Å². The summed E-state index contributed by atoms with van der Waals surface area (Å²) in [6, 6.07) is 3.66. The molecule has 0 amide bonds. The van der Waals surface area contributed by atoms with Gasteiger partial charge in [-0.2, -0.15) is 5.10 Å². The maximum Gasteiger partial charge on any atom is 0.213 e. The van der Waals surface area contributed by atoms with E-state index in [1.165, 1.54) is 17.7 Å². The molecule has 1 unspecified atom stereocenters. The number of thiazole rings is 1. The maximum absolute atomic E-state index is 11.1. The van der Waals surface area contributed by atoms with Crippen LogP contribution < -0.4 is 4.74 Å². The minimum Gasteiger partial charge on any atom is -0.481 e. The quantitative estimate of drug-likeness (QED) is 0.587. The maximum atomic E-state index is 11.1. The lowest BCUT2D eigenvalue weighted by Gasteiger charge is -2.10. The molecule has 7 nitrogen and oxygen atoms in total. The number of hydrogen-bond donors (Lipinski definition) is 1. The molecule has 1 saturated carbocycles. The number of fused-ring (bicyclic) bond motifs is 1. The van der Waals surface area contributed by atoms with Crippen molar-refractivity contribution in [2.45, 2.75) is 24.9 Å². The Bertz CT molecular complexity index is 1060. The number of hydrogen-bond acceptors (Lipinski definition) is 6. The first kappa shape index (κ1) is 15.5. The van der Waals surface area contributed by atoms with Crippen LogP contribution in [0.15, 0.2) is 43.2 Å². The SMILES string of the molecule is COc1ccc(-n2cc(C(O)c3c(C4CC4)sc4cncn34)cn2)cn1. The minimum atomic E-state index is -0.742. The highest BCUT2D eigenvalue weighted by Crippen LogP contribution is 2.47. The molecule has 1 N–H and O–H groups in total. The smallest absolute Gasteiger partial charge is 0.213 e. The Morgan fingerprint density at radius 2 is 2.15 bits per heavy atom. The Hall–Kier alpha value is -2.71. The predicted octanol–water partition coefficient (Wildman–Crippen LogP) is 2.94. The molecule has 0 saturated heterocycles. The number of aliphatic hydroxyl groups is 1. The molecule has 1 atom stereocenters. The molecule has 0 bridgehead atoms. The lowest BCUT2D eigenvalue weighted by atomic mass is 10.1. The number of nitrogens with zero attached hydrogens (tertiary/aromatic N) is 5. The molecule has 1 aliphatic rings. The van der Waals surface area contributed by atoms with Gasteiger partial charge in [-0.1, -0.05) is 0 Å². The summed E-state index contributed by atoms with van der Waals surface area (Å²) in [6.45, 7) is 0. The summed E-state index contributed by atoms with van der Waals surface area (Å²) in [7, 11) is 1.58. The van der Waals surface area contributed by atoms with Crippen LogP contribution >= 0.6 is 11.3 Å². The van der Waals surface area contributed by atoms with Gasteiger partial charge in [0.1, 0.15) is 17.3 Å². The van der Waals surface area contributed by atoms with Gasteiger partial charge in [0.15, 0.2) is 0 Å². The molecular weight excluding hydrogens is 350 g/mol. The fraction of sp³-hybridized carbons (Fsp3) is 0.278. The van der Waals surface area contributed by atoms with Gasteiger partial charge < -0.3 is 9.84 Å². The fourth-order valence-electron chi connectivity index (χ4n) is 3.13. The second kappa shape index (κ2) is 5.93. The monoisotopic (exact) mass is 367 g/mol. The molecule has 132 valence electrons. The molecule has 4 heterocycles. The van der Waals surface area contributed by atoms with Gasteiger partial charge in [-0.3, -0.25) is 4.40 Å². The highest BCUT2D eigenvalue weighted by Gasteiger charge is 2.33. The molecule has 4 aromatic heterocycles. The van der Waals surface area contributed by atoms with E-state index in [4.69, 9.17) is 4.74 Å². The van der Waals surface area contributed by atoms with E-state index in [1.54, 1.807) is 47.9 Å². The zero-order chi connectivity index (χ0) is 17.7. The molecule has 1 fully saturated rings. The van der Waals surface area contributed by atoms with Crippen molar-refractivity contribution in [3.63, 3.8) is 0 Å². The second-order valence-corrected chi connectivity index (χ2v) is 7.47. The van der Waals surface area contributed by atoms with Gasteiger partial charge in [0.25, 0.3) is 0 Å². The third-order valence-electron chi connectivity index (χ3n) is 4.65. The van der Waals surface area contributed by atoms with Gasteiger partial charge in [0, 0.05) is 22.7 Å². The number of aliphatic hydroxyl groups excluding tert-OH is 1. The number of ether oxygens (including phenoxy) is 1. The van der Waals surface area contributed by atoms with Gasteiger partial charge in [0.05, 0.1) is 37.1 Å². The van der Waals surface area contributed by atoms with E-state index in [0.717, 1.165) is 21.8 Å². The van der Waals surface area contributed by atoms with Crippen molar-refractivity contribution in [3.05, 3.63) is 59.4 Å². The van der Waals surface area contributed by atoms with Crippen LogP contribution in [0, 0.1) is 0 Å². The third-order valence-corrected chi connectivity index (χ3v) is 5.92. The molecule has 26 heavy (non-hydrogen) atoms. The number of imidazole rings is 1. The lowest BCUT2D eigenvalue weighted by molar-refractivity contribution is 0.213. The molecule has 0 aliphatic heterocycles. The van der Waals surface area contributed by atoms with Crippen molar-refractivity contribution in [3.8, 4) is 11.6 Å². The average Bonchev–Trinajstić information content (AvgIpc) is 3.09. The summed E-state index contributed by atoms with van der Waals surface area (Å²) < 4.78 is 8.79. The van der Waals surface area contributed by atoms with Crippen LogP contribution in [0.25, 0.3) is 10.5 Å². The zero-order valence-electron chi connectivity index (χ0n) is 14.1. The number of aromatic nitrogens is 5. The summed E-state index contributed by atoms with van der Waals surface area (Å²) in [5.41, 5.74) is 2.47. The standard InChI is InChI=1S/C18H17N5O2S/c1-25-14-5-4-13(7-20-14)23-9-12(6-21-23)17(24)16-18(11-2-3-11)26-15-8-19-10-22(15)16/h4-11,17,24H,2-3H2,1H3. The Labute approximate surface area is 153 Å². The topological polar surface area (TPSA) is 77.5 Å². The molecular formula is C18H17N5O2S. The molecule has 0 radical (unpaired) electrons. The first-order valence-electron chi connectivity index (χ1n) is 8.42. The van der Waals surface area contributed by atoms with Crippen LogP contribution in [0.3, 0.4) is 0 Å². The summed E-state index contributed by atoms with van der Waals surface area (Å²) in [5, 5.41) is 15.5. The van der Waals surface area contributed by atoms with Crippen LogP contribution in [-0.2, 0) is 0 Å². The zero-order valence-corrected chi connectivity index (χ0v) is 14.9. The summed E-state index contributed by atoms with van der Waals surface area (Å²) in [4.78, 5) is 10.7. The van der Waals surface area contributed by atoms with Gasteiger partial charge >= 0.3 is 0 Å². The van der Waals surface area contributed by atoms with Crippen LogP contribution in [0.5, 0.6) is 5.88 Å². The summed E-state index contributed by atoms with van der Waals surface area (Å²) in [6.07, 6.45) is 10.5. The van der Waals surface area contributed by atoms with Gasteiger partial charge in [0.2, 0.25) is 5.88 Å². The minimum absolute atomic E-state index is 0.552. The average molecular weight is 367 g/mol. The Morgan fingerprint density at radius 3 is 2.88 bits per heavy atom. The molecule has 8 heteroatoms. The van der Waals surface area contributed by atoms with Crippen molar-refractivity contribution in [2.75, 3.05) is 7.11 Å². The fourth-order valence-corrected chi connectivity index (χ4v) is 4.43. The van der Waals surface area contributed by atoms with E-state index in [2.05, 4.69) is 15.1 Å². The van der Waals surface area contributed by atoms with Crippen molar-refractivity contribution in [1.29, 1.82) is 0 Å². The van der Waals surface area contributed by atoms with Crippen molar-refractivity contribution >= 4 is 16.2 Å². The Morgan fingerprint density at radius 1 is 1.27 bits per heavy atom. The molecule has 4 aromatic rings. The van der Waals surface area contributed by atoms with E-state index in [0.29, 0.717) is 11.8 Å². The van der Waals surface area contributed by atoms with Crippen LogP contribution in [-0.4, -0.2) is 36.4 Å². The van der Waals surface area contributed by atoms with E-state index in [-0.39, 0.29) is 0 Å². The van der Waals surface area contributed by atoms with E-state index in [1.807, 2.05) is 22.9 Å². The van der Waals surface area contributed by atoms with Crippen LogP contribution in [0.4, 0.5) is 0 Å². The number of rotatable bonds is 5. The molecule has 0 aromatic carbocycles.